The summed E-state index contributed by atoms with van der Waals surface area (Å²) in [4.78, 5) is 13.4. The van der Waals surface area contributed by atoms with E-state index in [9.17, 15) is 4.79 Å². The quantitative estimate of drug-likeness (QED) is 0.663. The highest BCUT2D eigenvalue weighted by molar-refractivity contribution is 5.87. The Balaban J connectivity index is 1.89. The molecule has 1 aromatic rings. The van der Waals surface area contributed by atoms with Crippen molar-refractivity contribution in [2.75, 3.05) is 20.6 Å². The van der Waals surface area contributed by atoms with Crippen LogP contribution >= 0.6 is 0 Å². The van der Waals surface area contributed by atoms with E-state index >= 15 is 0 Å². The standard InChI is InChI=1S/C18H25NO2/c1-19(2)14-16-10-6-7-11-17(16)21-18(20)13-12-15-8-4-3-5-9-15/h3-5,8-9,12-13,16-17H,6-7,10-11,14H2,1-2H3/p+1/b13-12+/t16-,17-/m1/s1. The zero-order valence-electron chi connectivity index (χ0n) is 13.0. The Morgan fingerprint density at radius 3 is 2.67 bits per heavy atom. The Morgan fingerprint density at radius 2 is 1.95 bits per heavy atom. The molecule has 1 fully saturated rings. The van der Waals surface area contributed by atoms with E-state index in [1.54, 1.807) is 6.08 Å². The molecule has 1 aromatic carbocycles. The number of hydrogen-bond donors (Lipinski definition) is 1. The first-order valence-electron chi connectivity index (χ1n) is 7.88. The summed E-state index contributed by atoms with van der Waals surface area (Å²) in [6.07, 6.45) is 8.04. The number of rotatable bonds is 5. The maximum absolute atomic E-state index is 12.0. The minimum Gasteiger partial charge on any atom is -0.459 e. The number of hydrogen-bond acceptors (Lipinski definition) is 2. The lowest BCUT2D eigenvalue weighted by Crippen LogP contribution is -3.06. The first kappa shape index (κ1) is 15.8. The third-order valence-electron chi connectivity index (χ3n) is 3.99. The molecule has 1 aliphatic carbocycles. The van der Waals surface area contributed by atoms with Crippen molar-refractivity contribution in [1.29, 1.82) is 0 Å². The van der Waals surface area contributed by atoms with E-state index < -0.39 is 0 Å². The average Bonchev–Trinajstić information content (AvgIpc) is 2.48. The Bertz CT molecular complexity index is 467. The molecule has 1 saturated carbocycles. The zero-order chi connectivity index (χ0) is 15.1. The van der Waals surface area contributed by atoms with E-state index in [2.05, 4.69) is 14.1 Å². The van der Waals surface area contributed by atoms with Crippen molar-refractivity contribution < 1.29 is 14.4 Å². The molecule has 0 spiro atoms. The predicted octanol–water partition coefficient (Wildman–Crippen LogP) is 1.95. The van der Waals surface area contributed by atoms with Gasteiger partial charge in [-0.3, -0.25) is 0 Å². The molecule has 2 rings (SSSR count). The third kappa shape index (κ3) is 5.35. The lowest BCUT2D eigenvalue weighted by atomic mass is 9.86. The smallest absolute Gasteiger partial charge is 0.331 e. The van der Waals surface area contributed by atoms with E-state index in [0.717, 1.165) is 18.5 Å². The number of quaternary nitrogens is 1. The van der Waals surface area contributed by atoms with Gasteiger partial charge in [0.05, 0.1) is 20.6 Å². The van der Waals surface area contributed by atoms with Crippen LogP contribution in [0.5, 0.6) is 0 Å². The number of carbonyl (C=O) groups is 1. The normalized spacial score (nSPS) is 22.6. The number of carbonyl (C=O) groups excluding carboxylic acids is 1. The van der Waals surface area contributed by atoms with Gasteiger partial charge in [-0.25, -0.2) is 4.79 Å². The Morgan fingerprint density at radius 1 is 1.24 bits per heavy atom. The fourth-order valence-electron chi connectivity index (χ4n) is 3.00. The van der Waals surface area contributed by atoms with Crippen LogP contribution in [0, 0.1) is 5.92 Å². The highest BCUT2D eigenvalue weighted by atomic mass is 16.5. The maximum Gasteiger partial charge on any atom is 0.331 e. The number of nitrogens with one attached hydrogen (secondary N) is 1. The molecular weight excluding hydrogens is 262 g/mol. The molecule has 0 amide bonds. The van der Waals surface area contributed by atoms with Crippen LogP contribution in [-0.2, 0) is 9.53 Å². The molecule has 0 aromatic heterocycles. The van der Waals surface area contributed by atoms with Crippen LogP contribution in [0.25, 0.3) is 6.08 Å². The lowest BCUT2D eigenvalue weighted by molar-refractivity contribution is -0.862. The molecule has 2 atom stereocenters. The van der Waals surface area contributed by atoms with Gasteiger partial charge in [0.15, 0.2) is 0 Å². The van der Waals surface area contributed by atoms with Crippen LogP contribution < -0.4 is 4.90 Å². The molecule has 0 aliphatic heterocycles. The fourth-order valence-corrected chi connectivity index (χ4v) is 3.00. The van der Waals surface area contributed by atoms with Gasteiger partial charge in [0, 0.05) is 12.0 Å². The second-order valence-corrected chi connectivity index (χ2v) is 6.18. The van der Waals surface area contributed by atoms with Gasteiger partial charge < -0.3 is 9.64 Å². The van der Waals surface area contributed by atoms with Crippen molar-refractivity contribution in [3.8, 4) is 0 Å². The topological polar surface area (TPSA) is 30.7 Å². The van der Waals surface area contributed by atoms with E-state index in [-0.39, 0.29) is 12.1 Å². The van der Waals surface area contributed by atoms with E-state index in [1.807, 2.05) is 36.4 Å². The van der Waals surface area contributed by atoms with Gasteiger partial charge in [-0.15, -0.1) is 0 Å². The summed E-state index contributed by atoms with van der Waals surface area (Å²) in [5, 5.41) is 0. The Labute approximate surface area is 127 Å². The third-order valence-corrected chi connectivity index (χ3v) is 3.99. The molecule has 0 bridgehead atoms. The van der Waals surface area contributed by atoms with E-state index in [4.69, 9.17) is 4.74 Å². The molecule has 21 heavy (non-hydrogen) atoms. The van der Waals surface area contributed by atoms with Crippen LogP contribution in [0.2, 0.25) is 0 Å². The van der Waals surface area contributed by atoms with Crippen molar-refractivity contribution in [1.82, 2.24) is 0 Å². The second-order valence-electron chi connectivity index (χ2n) is 6.18. The van der Waals surface area contributed by atoms with Crippen LogP contribution in [0.1, 0.15) is 31.2 Å². The number of ether oxygens (including phenoxy) is 1. The van der Waals surface area contributed by atoms with Crippen molar-refractivity contribution in [3.05, 3.63) is 42.0 Å². The van der Waals surface area contributed by atoms with Crippen LogP contribution in [0.3, 0.4) is 0 Å². The zero-order valence-corrected chi connectivity index (χ0v) is 13.0. The Kier molecular flexibility index (Phi) is 6.00. The van der Waals surface area contributed by atoms with Crippen LogP contribution in [0.4, 0.5) is 0 Å². The fraction of sp³-hybridized carbons (Fsp3) is 0.500. The molecular formula is C18H26NO2+. The average molecular weight is 288 g/mol. The molecule has 3 heteroatoms. The van der Waals surface area contributed by atoms with Gasteiger partial charge in [0.1, 0.15) is 6.10 Å². The van der Waals surface area contributed by atoms with Crippen molar-refractivity contribution in [2.24, 2.45) is 5.92 Å². The summed E-state index contributed by atoms with van der Waals surface area (Å²) in [5.41, 5.74) is 1.02. The number of benzene rings is 1. The van der Waals surface area contributed by atoms with Gasteiger partial charge in [-0.05, 0) is 30.9 Å². The van der Waals surface area contributed by atoms with Gasteiger partial charge in [-0.2, -0.15) is 0 Å². The molecule has 1 aliphatic rings. The summed E-state index contributed by atoms with van der Waals surface area (Å²) in [5.74, 6) is 0.280. The summed E-state index contributed by atoms with van der Waals surface area (Å²) in [6, 6.07) is 9.83. The molecule has 114 valence electrons. The molecule has 0 saturated heterocycles. The van der Waals surface area contributed by atoms with Crippen LogP contribution in [0.15, 0.2) is 36.4 Å². The van der Waals surface area contributed by atoms with Gasteiger partial charge in [-0.1, -0.05) is 36.8 Å². The van der Waals surface area contributed by atoms with Gasteiger partial charge >= 0.3 is 5.97 Å². The monoisotopic (exact) mass is 288 g/mol. The largest absolute Gasteiger partial charge is 0.459 e. The molecule has 1 N–H and O–H groups in total. The minimum atomic E-state index is -0.218. The highest BCUT2D eigenvalue weighted by Crippen LogP contribution is 2.26. The summed E-state index contributed by atoms with van der Waals surface area (Å²) in [7, 11) is 4.31. The first-order valence-corrected chi connectivity index (χ1v) is 7.88. The summed E-state index contributed by atoms with van der Waals surface area (Å²) < 4.78 is 5.69. The van der Waals surface area contributed by atoms with Crippen LogP contribution in [-0.4, -0.2) is 32.7 Å². The second kappa shape index (κ2) is 7.99. The molecule has 0 radical (unpaired) electrons. The van der Waals surface area contributed by atoms with E-state index in [0.29, 0.717) is 5.92 Å². The maximum atomic E-state index is 12.0. The molecule has 0 heterocycles. The van der Waals surface area contributed by atoms with Crippen molar-refractivity contribution >= 4 is 12.0 Å². The van der Waals surface area contributed by atoms with Gasteiger partial charge in [0.2, 0.25) is 0 Å². The molecule has 3 nitrogen and oxygen atoms in total. The first-order chi connectivity index (χ1) is 10.1. The number of esters is 1. The van der Waals surface area contributed by atoms with E-state index in [1.165, 1.54) is 24.2 Å². The van der Waals surface area contributed by atoms with Gasteiger partial charge in [0.25, 0.3) is 0 Å². The minimum absolute atomic E-state index is 0.0848. The Hall–Kier alpha value is -1.61. The SMILES string of the molecule is C[NH+](C)C[C@H]1CCCC[C@H]1OC(=O)/C=C/c1ccccc1. The summed E-state index contributed by atoms with van der Waals surface area (Å²) in [6.45, 7) is 1.07. The highest BCUT2D eigenvalue weighted by Gasteiger charge is 2.29. The molecule has 0 unspecified atom stereocenters. The predicted molar refractivity (Wildman–Crippen MR) is 85.0 cm³/mol. The lowest BCUT2D eigenvalue weighted by Gasteiger charge is -2.31. The summed E-state index contributed by atoms with van der Waals surface area (Å²) >= 11 is 0. The van der Waals surface area contributed by atoms with Crippen molar-refractivity contribution in [3.63, 3.8) is 0 Å². The van der Waals surface area contributed by atoms with Crippen molar-refractivity contribution in [2.45, 2.75) is 31.8 Å².